The van der Waals surface area contributed by atoms with Gasteiger partial charge < -0.3 is 4.90 Å². The first-order valence-corrected chi connectivity index (χ1v) is 7.14. The van der Waals surface area contributed by atoms with E-state index in [4.69, 9.17) is 0 Å². The third kappa shape index (κ3) is 2.97. The molecule has 0 saturated carbocycles. The number of hydrogen-bond acceptors (Lipinski definition) is 4. The van der Waals surface area contributed by atoms with Crippen molar-refractivity contribution in [1.29, 1.82) is 0 Å². The highest BCUT2D eigenvalue weighted by molar-refractivity contribution is 7.99. The van der Waals surface area contributed by atoms with Crippen molar-refractivity contribution in [3.05, 3.63) is 23.8 Å². The van der Waals surface area contributed by atoms with Gasteiger partial charge in [-0.2, -0.15) is 11.8 Å². The molecule has 0 radical (unpaired) electrons. The number of carbonyl (C=O) groups is 1. The summed E-state index contributed by atoms with van der Waals surface area (Å²) in [5, 5.41) is 0. The Kier molecular flexibility index (Phi) is 4.36. The molecular formula is C12H17N3OS. The van der Waals surface area contributed by atoms with Crippen molar-refractivity contribution >= 4 is 17.7 Å². The highest BCUT2D eigenvalue weighted by atomic mass is 32.2. The van der Waals surface area contributed by atoms with Gasteiger partial charge in [-0.15, -0.1) is 0 Å². The zero-order valence-corrected chi connectivity index (χ0v) is 10.9. The number of nitrogens with zero attached hydrogens (tertiary/aromatic N) is 3. The number of carbonyl (C=O) groups excluding carboxylic acids is 1. The van der Waals surface area contributed by atoms with E-state index in [0.29, 0.717) is 5.56 Å². The van der Waals surface area contributed by atoms with Crippen LogP contribution in [0.25, 0.3) is 0 Å². The monoisotopic (exact) mass is 251 g/mol. The van der Waals surface area contributed by atoms with Crippen LogP contribution >= 0.6 is 11.8 Å². The van der Waals surface area contributed by atoms with E-state index in [0.717, 1.165) is 43.1 Å². The van der Waals surface area contributed by atoms with E-state index in [-0.39, 0.29) is 5.91 Å². The zero-order valence-electron chi connectivity index (χ0n) is 10.1. The van der Waals surface area contributed by atoms with E-state index >= 15 is 0 Å². The number of thioether (sulfide) groups is 1. The normalized spacial score (nSPS) is 15.9. The molecular weight excluding hydrogens is 234 g/mol. The topological polar surface area (TPSA) is 46.1 Å². The molecule has 0 N–H and O–H groups in total. The first kappa shape index (κ1) is 12.4. The fourth-order valence-electron chi connectivity index (χ4n) is 1.91. The summed E-state index contributed by atoms with van der Waals surface area (Å²) in [7, 11) is 0. The van der Waals surface area contributed by atoms with Gasteiger partial charge in [0.2, 0.25) is 0 Å². The second-order valence-corrected chi connectivity index (χ2v) is 5.26. The molecule has 1 aliphatic rings. The maximum Gasteiger partial charge on any atom is 0.257 e. The molecule has 1 aliphatic heterocycles. The lowest BCUT2D eigenvalue weighted by Crippen LogP contribution is -2.38. The molecule has 2 rings (SSSR count). The van der Waals surface area contributed by atoms with E-state index in [1.165, 1.54) is 6.33 Å². The maximum atomic E-state index is 12.3. The molecule has 0 aromatic carbocycles. The molecule has 0 atom stereocenters. The fourth-order valence-corrected chi connectivity index (χ4v) is 2.81. The predicted molar refractivity (Wildman–Crippen MR) is 69.3 cm³/mol. The Morgan fingerprint density at radius 3 is 2.94 bits per heavy atom. The van der Waals surface area contributed by atoms with Crippen molar-refractivity contribution in [3.8, 4) is 0 Å². The largest absolute Gasteiger partial charge is 0.337 e. The first-order valence-electron chi connectivity index (χ1n) is 5.99. The summed E-state index contributed by atoms with van der Waals surface area (Å²) in [6.45, 7) is 3.77. The van der Waals surface area contributed by atoms with Gasteiger partial charge in [0.05, 0.1) is 11.3 Å². The molecule has 1 aromatic rings. The Morgan fingerprint density at radius 1 is 1.47 bits per heavy atom. The Bertz CT molecular complexity index is 391. The van der Waals surface area contributed by atoms with Gasteiger partial charge in [0.25, 0.3) is 5.91 Å². The van der Waals surface area contributed by atoms with Crippen molar-refractivity contribution < 1.29 is 4.79 Å². The van der Waals surface area contributed by atoms with Gasteiger partial charge in [0.15, 0.2) is 0 Å². The standard InChI is InChI=1S/C12H17N3OS/c1-2-3-11-10(8-13-9-14-11)12(16)15-4-6-17-7-5-15/h8-9H,2-7H2,1H3. The van der Waals surface area contributed by atoms with Crippen LogP contribution in [0.15, 0.2) is 12.5 Å². The van der Waals surface area contributed by atoms with Crippen LogP contribution in [0.4, 0.5) is 0 Å². The minimum absolute atomic E-state index is 0.0920. The van der Waals surface area contributed by atoms with Gasteiger partial charge in [0.1, 0.15) is 6.33 Å². The Morgan fingerprint density at radius 2 is 2.24 bits per heavy atom. The molecule has 1 saturated heterocycles. The summed E-state index contributed by atoms with van der Waals surface area (Å²) in [6, 6.07) is 0. The second kappa shape index (κ2) is 6.00. The highest BCUT2D eigenvalue weighted by Gasteiger charge is 2.21. The average molecular weight is 251 g/mol. The molecule has 2 heterocycles. The van der Waals surface area contributed by atoms with Crippen LogP contribution in [0.2, 0.25) is 0 Å². The van der Waals surface area contributed by atoms with E-state index in [1.807, 2.05) is 16.7 Å². The van der Waals surface area contributed by atoms with Crippen LogP contribution in [0.5, 0.6) is 0 Å². The quantitative estimate of drug-likeness (QED) is 0.819. The third-order valence-corrected chi connectivity index (χ3v) is 3.75. The Labute approximate surface area is 106 Å². The summed E-state index contributed by atoms with van der Waals surface area (Å²) in [6.07, 6.45) is 5.01. The Balaban J connectivity index is 2.17. The minimum Gasteiger partial charge on any atom is -0.337 e. The molecule has 1 fully saturated rings. The van der Waals surface area contributed by atoms with E-state index in [9.17, 15) is 4.79 Å². The van der Waals surface area contributed by atoms with Gasteiger partial charge in [-0.25, -0.2) is 9.97 Å². The maximum absolute atomic E-state index is 12.3. The molecule has 17 heavy (non-hydrogen) atoms. The third-order valence-electron chi connectivity index (χ3n) is 2.81. The number of amides is 1. The number of hydrogen-bond donors (Lipinski definition) is 0. The smallest absolute Gasteiger partial charge is 0.257 e. The van der Waals surface area contributed by atoms with Crippen molar-refractivity contribution in [2.75, 3.05) is 24.6 Å². The van der Waals surface area contributed by atoms with Crippen molar-refractivity contribution in [3.63, 3.8) is 0 Å². The lowest BCUT2D eigenvalue weighted by Gasteiger charge is -2.26. The fraction of sp³-hybridized carbons (Fsp3) is 0.583. The lowest BCUT2D eigenvalue weighted by atomic mass is 10.1. The van der Waals surface area contributed by atoms with Crippen LogP contribution in [0.3, 0.4) is 0 Å². The molecule has 92 valence electrons. The van der Waals surface area contributed by atoms with E-state index in [2.05, 4.69) is 16.9 Å². The molecule has 5 heteroatoms. The molecule has 0 bridgehead atoms. The number of rotatable bonds is 3. The Hall–Kier alpha value is -1.10. The molecule has 0 aliphatic carbocycles. The average Bonchev–Trinajstić information content (AvgIpc) is 2.40. The SMILES string of the molecule is CCCc1ncncc1C(=O)N1CCSCC1. The molecule has 1 aromatic heterocycles. The van der Waals surface area contributed by atoms with Gasteiger partial charge in [-0.05, 0) is 6.42 Å². The van der Waals surface area contributed by atoms with Crippen LogP contribution < -0.4 is 0 Å². The minimum atomic E-state index is 0.0920. The summed E-state index contributed by atoms with van der Waals surface area (Å²) >= 11 is 1.90. The van der Waals surface area contributed by atoms with Gasteiger partial charge in [0, 0.05) is 30.8 Å². The zero-order chi connectivity index (χ0) is 12.1. The molecule has 0 unspecified atom stereocenters. The van der Waals surface area contributed by atoms with Crippen molar-refractivity contribution in [1.82, 2.24) is 14.9 Å². The second-order valence-electron chi connectivity index (χ2n) is 4.04. The number of aromatic nitrogens is 2. The summed E-state index contributed by atoms with van der Waals surface area (Å²) in [5.41, 5.74) is 1.56. The summed E-state index contributed by atoms with van der Waals surface area (Å²) in [5.74, 6) is 2.15. The first-order chi connectivity index (χ1) is 8.33. The number of aryl methyl sites for hydroxylation is 1. The van der Waals surface area contributed by atoms with Crippen molar-refractivity contribution in [2.24, 2.45) is 0 Å². The van der Waals surface area contributed by atoms with Crippen LogP contribution in [0.1, 0.15) is 29.4 Å². The lowest BCUT2D eigenvalue weighted by molar-refractivity contribution is 0.0770. The summed E-state index contributed by atoms with van der Waals surface area (Å²) in [4.78, 5) is 22.4. The van der Waals surface area contributed by atoms with Crippen LogP contribution in [0, 0.1) is 0 Å². The van der Waals surface area contributed by atoms with Crippen LogP contribution in [-0.4, -0.2) is 45.4 Å². The van der Waals surface area contributed by atoms with Gasteiger partial charge >= 0.3 is 0 Å². The molecule has 1 amide bonds. The van der Waals surface area contributed by atoms with Gasteiger partial charge in [-0.1, -0.05) is 13.3 Å². The van der Waals surface area contributed by atoms with E-state index < -0.39 is 0 Å². The highest BCUT2D eigenvalue weighted by Crippen LogP contribution is 2.15. The van der Waals surface area contributed by atoms with Crippen molar-refractivity contribution in [2.45, 2.75) is 19.8 Å². The predicted octanol–water partition coefficient (Wildman–Crippen LogP) is 1.62. The van der Waals surface area contributed by atoms with E-state index in [1.54, 1.807) is 6.20 Å². The summed E-state index contributed by atoms with van der Waals surface area (Å²) < 4.78 is 0. The van der Waals surface area contributed by atoms with Crippen LogP contribution in [-0.2, 0) is 6.42 Å². The van der Waals surface area contributed by atoms with Gasteiger partial charge in [-0.3, -0.25) is 4.79 Å². The molecule has 4 nitrogen and oxygen atoms in total. The molecule has 0 spiro atoms.